The Balaban J connectivity index is 1.96. The molecule has 0 aliphatic carbocycles. The quantitative estimate of drug-likeness (QED) is 0.795. The Labute approximate surface area is 126 Å². The number of amides is 2. The molecule has 0 saturated heterocycles. The van der Waals surface area contributed by atoms with Crippen molar-refractivity contribution < 1.29 is 18.7 Å². The topological polar surface area (TPSA) is 61.4 Å². The Morgan fingerprint density at radius 2 is 1.86 bits per heavy atom. The molecule has 0 radical (unpaired) electrons. The van der Waals surface area contributed by atoms with E-state index in [1.165, 1.54) is 0 Å². The van der Waals surface area contributed by atoms with E-state index in [0.29, 0.717) is 6.42 Å². The van der Waals surface area contributed by atoms with Crippen LogP contribution in [0.5, 0.6) is 0 Å². The van der Waals surface area contributed by atoms with E-state index < -0.39 is 23.7 Å². The van der Waals surface area contributed by atoms with Crippen LogP contribution in [0.4, 0.5) is 19.3 Å². The number of urea groups is 1. The summed E-state index contributed by atoms with van der Waals surface area (Å²) in [5.41, 5.74) is 0.688. The van der Waals surface area contributed by atoms with Crippen LogP contribution < -0.4 is 10.6 Å². The third-order valence-electron chi connectivity index (χ3n) is 3.06. The number of rotatable bonds is 5. The van der Waals surface area contributed by atoms with Crippen LogP contribution in [-0.4, -0.2) is 23.8 Å². The molecule has 0 aliphatic rings. The number of anilines is 1. The van der Waals surface area contributed by atoms with E-state index in [9.17, 15) is 18.7 Å². The van der Waals surface area contributed by atoms with E-state index in [4.69, 9.17) is 0 Å². The number of halogens is 2. The molecule has 0 saturated carbocycles. The molecule has 0 heterocycles. The predicted molar refractivity (Wildman–Crippen MR) is 79.5 cm³/mol. The number of benzene rings is 2. The lowest BCUT2D eigenvalue weighted by atomic mass is 10.1. The second kappa shape index (κ2) is 7.51. The maximum atomic E-state index is 13.4. The molecule has 0 fully saturated rings. The lowest BCUT2D eigenvalue weighted by Crippen LogP contribution is -2.41. The van der Waals surface area contributed by atoms with Gasteiger partial charge < -0.3 is 15.7 Å². The minimum atomic E-state index is -0.736. The summed E-state index contributed by atoms with van der Waals surface area (Å²) in [6.07, 6.45) is 0.427. The number of nitrogens with one attached hydrogen (secondary N) is 2. The van der Waals surface area contributed by atoms with Crippen molar-refractivity contribution in [1.29, 1.82) is 0 Å². The number of hydrogen-bond donors (Lipinski definition) is 3. The van der Waals surface area contributed by atoms with Crippen molar-refractivity contribution in [1.82, 2.24) is 5.32 Å². The summed E-state index contributed by atoms with van der Waals surface area (Å²) >= 11 is 0. The van der Waals surface area contributed by atoms with Gasteiger partial charge in [-0.25, -0.2) is 13.6 Å². The highest BCUT2D eigenvalue weighted by atomic mass is 19.1. The molecule has 1 atom stereocenters. The smallest absolute Gasteiger partial charge is 0.319 e. The van der Waals surface area contributed by atoms with E-state index in [2.05, 4.69) is 10.6 Å². The highest BCUT2D eigenvalue weighted by Crippen LogP contribution is 2.15. The van der Waals surface area contributed by atoms with E-state index in [-0.39, 0.29) is 12.3 Å². The van der Waals surface area contributed by atoms with Crippen molar-refractivity contribution in [2.45, 2.75) is 12.5 Å². The Kier molecular flexibility index (Phi) is 5.43. The van der Waals surface area contributed by atoms with Gasteiger partial charge in [-0.3, -0.25) is 0 Å². The van der Waals surface area contributed by atoms with Crippen LogP contribution in [0.2, 0.25) is 0 Å². The fraction of sp³-hybridized carbons (Fsp3) is 0.188. The summed E-state index contributed by atoms with van der Waals surface area (Å²) in [7, 11) is 0. The van der Waals surface area contributed by atoms with E-state index in [0.717, 1.165) is 23.8 Å². The van der Waals surface area contributed by atoms with Crippen LogP contribution in [0.15, 0.2) is 48.5 Å². The molecule has 116 valence electrons. The van der Waals surface area contributed by atoms with Gasteiger partial charge in [0.05, 0.1) is 18.3 Å². The van der Waals surface area contributed by atoms with Gasteiger partial charge in [-0.2, -0.15) is 0 Å². The SMILES string of the molecule is O=C(Nc1cc(F)ccc1F)NC(CO)Cc1ccccc1. The van der Waals surface area contributed by atoms with Crippen LogP contribution in [-0.2, 0) is 6.42 Å². The second-order valence-corrected chi connectivity index (χ2v) is 4.79. The number of carbonyl (C=O) groups is 1. The molecule has 2 aromatic carbocycles. The summed E-state index contributed by atoms with van der Waals surface area (Å²) in [6, 6.07) is 10.9. The minimum absolute atomic E-state index is 0.256. The first-order valence-corrected chi connectivity index (χ1v) is 6.76. The van der Waals surface area contributed by atoms with Crippen molar-refractivity contribution >= 4 is 11.7 Å². The van der Waals surface area contributed by atoms with Gasteiger partial charge in [0.2, 0.25) is 0 Å². The van der Waals surface area contributed by atoms with Crippen molar-refractivity contribution in [3.8, 4) is 0 Å². The molecule has 0 aliphatic heterocycles. The highest BCUT2D eigenvalue weighted by molar-refractivity contribution is 5.89. The summed E-state index contributed by atoms with van der Waals surface area (Å²) in [5, 5.41) is 14.1. The van der Waals surface area contributed by atoms with Crippen LogP contribution >= 0.6 is 0 Å². The molecule has 6 heteroatoms. The predicted octanol–water partition coefficient (Wildman–Crippen LogP) is 2.69. The monoisotopic (exact) mass is 306 g/mol. The third kappa shape index (κ3) is 4.53. The maximum absolute atomic E-state index is 13.4. The molecule has 0 spiro atoms. The number of carbonyl (C=O) groups excluding carboxylic acids is 1. The molecule has 4 nitrogen and oxygen atoms in total. The Hall–Kier alpha value is -2.47. The summed E-state index contributed by atoms with van der Waals surface area (Å²) in [4.78, 5) is 11.8. The molecule has 3 N–H and O–H groups in total. The first-order chi connectivity index (χ1) is 10.6. The summed E-state index contributed by atoms with van der Waals surface area (Å²) < 4.78 is 26.5. The van der Waals surface area contributed by atoms with E-state index in [1.807, 2.05) is 30.3 Å². The molecule has 2 amide bonds. The lowest BCUT2D eigenvalue weighted by Gasteiger charge is -2.17. The number of aliphatic hydroxyl groups is 1. The van der Waals surface area contributed by atoms with Crippen molar-refractivity contribution in [3.63, 3.8) is 0 Å². The standard InChI is InChI=1S/C16H16F2N2O2/c17-12-6-7-14(18)15(9-12)20-16(22)19-13(10-21)8-11-4-2-1-3-5-11/h1-7,9,13,21H,8,10H2,(H2,19,20,22). The van der Waals surface area contributed by atoms with Crippen LogP contribution in [0.25, 0.3) is 0 Å². The van der Waals surface area contributed by atoms with Gasteiger partial charge in [0.1, 0.15) is 11.6 Å². The third-order valence-corrected chi connectivity index (χ3v) is 3.06. The zero-order chi connectivity index (χ0) is 15.9. The van der Waals surface area contributed by atoms with E-state index >= 15 is 0 Å². The minimum Gasteiger partial charge on any atom is -0.394 e. The first-order valence-electron chi connectivity index (χ1n) is 6.76. The first kappa shape index (κ1) is 15.9. The average Bonchev–Trinajstić information content (AvgIpc) is 2.51. The Morgan fingerprint density at radius 3 is 2.55 bits per heavy atom. The van der Waals surface area contributed by atoms with Crippen molar-refractivity contribution in [2.24, 2.45) is 0 Å². The van der Waals surface area contributed by atoms with Crippen molar-refractivity contribution in [2.75, 3.05) is 11.9 Å². The zero-order valence-corrected chi connectivity index (χ0v) is 11.7. The molecule has 0 aromatic heterocycles. The molecule has 22 heavy (non-hydrogen) atoms. The largest absolute Gasteiger partial charge is 0.394 e. The molecular formula is C16H16F2N2O2. The summed E-state index contributed by atoms with van der Waals surface area (Å²) in [6.45, 7) is -0.270. The fourth-order valence-electron chi connectivity index (χ4n) is 2.00. The average molecular weight is 306 g/mol. The highest BCUT2D eigenvalue weighted by Gasteiger charge is 2.14. The maximum Gasteiger partial charge on any atom is 0.319 e. The van der Waals surface area contributed by atoms with Gasteiger partial charge in [0, 0.05) is 6.07 Å². The molecule has 2 aromatic rings. The van der Waals surface area contributed by atoms with E-state index in [1.54, 1.807) is 0 Å². The van der Waals surface area contributed by atoms with Gasteiger partial charge in [-0.15, -0.1) is 0 Å². The van der Waals surface area contributed by atoms with Crippen LogP contribution in [0, 0.1) is 11.6 Å². The number of aliphatic hydroxyl groups excluding tert-OH is 1. The van der Waals surface area contributed by atoms with Crippen molar-refractivity contribution in [3.05, 3.63) is 65.7 Å². The summed E-state index contributed by atoms with van der Waals surface area (Å²) in [5.74, 6) is -1.39. The Morgan fingerprint density at radius 1 is 1.14 bits per heavy atom. The second-order valence-electron chi connectivity index (χ2n) is 4.79. The van der Waals surface area contributed by atoms with Gasteiger partial charge in [-0.1, -0.05) is 30.3 Å². The fourth-order valence-corrected chi connectivity index (χ4v) is 2.00. The number of hydrogen-bond acceptors (Lipinski definition) is 2. The molecule has 2 rings (SSSR count). The molecule has 1 unspecified atom stereocenters. The van der Waals surface area contributed by atoms with Crippen LogP contribution in [0.1, 0.15) is 5.56 Å². The van der Waals surface area contributed by atoms with Gasteiger partial charge in [0.15, 0.2) is 0 Å². The lowest BCUT2D eigenvalue weighted by molar-refractivity contribution is 0.224. The van der Waals surface area contributed by atoms with Gasteiger partial charge in [0.25, 0.3) is 0 Å². The molecular weight excluding hydrogens is 290 g/mol. The van der Waals surface area contributed by atoms with Gasteiger partial charge in [-0.05, 0) is 24.1 Å². The normalized spacial score (nSPS) is 11.8. The van der Waals surface area contributed by atoms with Crippen LogP contribution in [0.3, 0.4) is 0 Å². The van der Waals surface area contributed by atoms with Gasteiger partial charge >= 0.3 is 6.03 Å². The zero-order valence-electron chi connectivity index (χ0n) is 11.7. The molecule has 0 bridgehead atoms. The Bertz CT molecular complexity index is 635.